The van der Waals surface area contributed by atoms with Crippen LogP contribution in [0.1, 0.15) is 37.9 Å². The maximum atomic E-state index is 13.2. The van der Waals surface area contributed by atoms with E-state index >= 15 is 0 Å². The highest BCUT2D eigenvalue weighted by molar-refractivity contribution is 5.84. The van der Waals surface area contributed by atoms with Crippen molar-refractivity contribution < 1.29 is 18.7 Å². The van der Waals surface area contributed by atoms with Crippen LogP contribution >= 0.6 is 0 Å². The number of benzene rings is 2. The number of hydrogen-bond acceptors (Lipinski definition) is 5. The highest BCUT2D eigenvalue weighted by Crippen LogP contribution is 2.28. The summed E-state index contributed by atoms with van der Waals surface area (Å²) in [4.78, 5) is 27.5. The van der Waals surface area contributed by atoms with E-state index in [1.54, 1.807) is 32.2 Å². The summed E-state index contributed by atoms with van der Waals surface area (Å²) in [5.74, 6) is 1.71. The van der Waals surface area contributed by atoms with Crippen LogP contribution in [0.25, 0.3) is 22.1 Å². The molecule has 0 unspecified atom stereocenters. The SMILES string of the molecule is COc1ccc(-c2c(C)oc3cc(OCC(=O)N(C)C4CCCCC4)ccc3c2=O)cc1. The monoisotopic (exact) mass is 435 g/mol. The van der Waals surface area contributed by atoms with Crippen LogP contribution in [0.15, 0.2) is 51.7 Å². The van der Waals surface area contributed by atoms with Crippen molar-refractivity contribution in [3.8, 4) is 22.6 Å². The molecular formula is C26H29NO5. The third-order valence-corrected chi connectivity index (χ3v) is 6.30. The molecule has 1 fully saturated rings. The molecule has 2 aromatic carbocycles. The summed E-state index contributed by atoms with van der Waals surface area (Å²) in [5, 5.41) is 0.472. The molecule has 1 aromatic heterocycles. The van der Waals surface area contributed by atoms with Crippen LogP contribution in [0, 0.1) is 6.92 Å². The first kappa shape index (κ1) is 21.9. The number of hydrogen-bond donors (Lipinski definition) is 0. The maximum Gasteiger partial charge on any atom is 0.260 e. The summed E-state index contributed by atoms with van der Waals surface area (Å²) in [6.45, 7) is 1.74. The summed E-state index contributed by atoms with van der Waals surface area (Å²) >= 11 is 0. The minimum atomic E-state index is -0.103. The molecule has 0 saturated heterocycles. The number of nitrogens with zero attached hydrogens (tertiary/aromatic N) is 1. The van der Waals surface area contributed by atoms with Gasteiger partial charge >= 0.3 is 0 Å². The highest BCUT2D eigenvalue weighted by atomic mass is 16.5. The van der Waals surface area contributed by atoms with E-state index < -0.39 is 0 Å². The third kappa shape index (κ3) is 4.49. The van der Waals surface area contributed by atoms with Crippen molar-refractivity contribution in [2.24, 2.45) is 0 Å². The zero-order chi connectivity index (χ0) is 22.7. The third-order valence-electron chi connectivity index (χ3n) is 6.30. The Balaban J connectivity index is 1.53. The number of carbonyl (C=O) groups is 1. The average Bonchev–Trinajstić information content (AvgIpc) is 2.82. The van der Waals surface area contributed by atoms with Crippen molar-refractivity contribution in [3.63, 3.8) is 0 Å². The first-order chi connectivity index (χ1) is 15.5. The number of amides is 1. The molecular weight excluding hydrogens is 406 g/mol. The molecule has 0 radical (unpaired) electrons. The van der Waals surface area contributed by atoms with Gasteiger partial charge in [0.1, 0.15) is 22.8 Å². The normalized spacial score (nSPS) is 14.3. The fourth-order valence-corrected chi connectivity index (χ4v) is 4.39. The molecule has 0 aliphatic heterocycles. The van der Waals surface area contributed by atoms with Gasteiger partial charge in [-0.1, -0.05) is 31.4 Å². The number of rotatable bonds is 6. The lowest BCUT2D eigenvalue weighted by molar-refractivity contribution is -0.134. The number of aryl methyl sites for hydroxylation is 1. The zero-order valence-corrected chi connectivity index (χ0v) is 18.8. The quantitative estimate of drug-likeness (QED) is 0.548. The second-order valence-corrected chi connectivity index (χ2v) is 8.33. The van der Waals surface area contributed by atoms with Gasteiger partial charge in [0.25, 0.3) is 5.91 Å². The Bertz CT molecular complexity index is 1160. The molecule has 1 aliphatic carbocycles. The van der Waals surface area contributed by atoms with E-state index in [4.69, 9.17) is 13.9 Å². The van der Waals surface area contributed by atoms with Gasteiger partial charge in [0.05, 0.1) is 18.1 Å². The largest absolute Gasteiger partial charge is 0.497 e. The summed E-state index contributed by atoms with van der Waals surface area (Å²) in [6, 6.07) is 12.7. The first-order valence-corrected chi connectivity index (χ1v) is 11.1. The van der Waals surface area contributed by atoms with Gasteiger partial charge in [0.15, 0.2) is 6.61 Å². The molecule has 0 N–H and O–H groups in total. The zero-order valence-electron chi connectivity index (χ0n) is 18.8. The Morgan fingerprint density at radius 1 is 1.06 bits per heavy atom. The van der Waals surface area contributed by atoms with Crippen LogP contribution in [0.4, 0.5) is 0 Å². The molecule has 0 atom stereocenters. The Labute approximate surface area is 187 Å². The van der Waals surface area contributed by atoms with Crippen molar-refractivity contribution in [1.29, 1.82) is 0 Å². The summed E-state index contributed by atoms with van der Waals surface area (Å²) in [6.07, 6.45) is 5.70. The van der Waals surface area contributed by atoms with E-state index in [2.05, 4.69) is 0 Å². The molecule has 32 heavy (non-hydrogen) atoms. The van der Waals surface area contributed by atoms with Gasteiger partial charge < -0.3 is 18.8 Å². The number of fused-ring (bicyclic) bond motifs is 1. The van der Waals surface area contributed by atoms with Crippen molar-refractivity contribution in [2.45, 2.75) is 45.1 Å². The van der Waals surface area contributed by atoms with Crippen LogP contribution < -0.4 is 14.9 Å². The molecule has 3 aromatic rings. The fourth-order valence-electron chi connectivity index (χ4n) is 4.39. The van der Waals surface area contributed by atoms with Crippen LogP contribution in [0.3, 0.4) is 0 Å². The van der Waals surface area contributed by atoms with Gasteiger partial charge in [0.2, 0.25) is 5.43 Å². The lowest BCUT2D eigenvalue weighted by Gasteiger charge is -2.31. The molecule has 1 saturated carbocycles. The van der Waals surface area contributed by atoms with Gasteiger partial charge in [-0.2, -0.15) is 0 Å². The van der Waals surface area contributed by atoms with Crippen molar-refractivity contribution in [1.82, 2.24) is 4.90 Å². The summed E-state index contributed by atoms with van der Waals surface area (Å²) < 4.78 is 16.9. The van der Waals surface area contributed by atoms with E-state index in [1.165, 1.54) is 19.3 Å². The predicted molar refractivity (Wildman–Crippen MR) is 124 cm³/mol. The van der Waals surface area contributed by atoms with E-state index in [1.807, 2.05) is 36.2 Å². The van der Waals surface area contributed by atoms with Crippen molar-refractivity contribution >= 4 is 16.9 Å². The van der Waals surface area contributed by atoms with Crippen molar-refractivity contribution in [3.05, 3.63) is 58.4 Å². The molecule has 0 spiro atoms. The van der Waals surface area contributed by atoms with Gasteiger partial charge in [-0.25, -0.2) is 0 Å². The van der Waals surface area contributed by atoms with Gasteiger partial charge in [-0.05, 0) is 49.6 Å². The van der Waals surface area contributed by atoms with Crippen molar-refractivity contribution in [2.75, 3.05) is 20.8 Å². The van der Waals surface area contributed by atoms with E-state index in [0.717, 1.165) is 24.2 Å². The molecule has 0 bridgehead atoms. The van der Waals surface area contributed by atoms with Gasteiger partial charge in [0, 0.05) is 19.2 Å². The van der Waals surface area contributed by atoms with E-state index in [0.29, 0.717) is 34.1 Å². The molecule has 6 heteroatoms. The Hall–Kier alpha value is -3.28. The lowest BCUT2D eigenvalue weighted by atomic mass is 9.94. The topological polar surface area (TPSA) is 69.0 Å². The Morgan fingerprint density at radius 3 is 2.44 bits per heavy atom. The van der Waals surface area contributed by atoms with E-state index in [-0.39, 0.29) is 17.9 Å². The second kappa shape index (κ2) is 9.47. The summed E-state index contributed by atoms with van der Waals surface area (Å²) in [5.41, 5.74) is 1.64. The summed E-state index contributed by atoms with van der Waals surface area (Å²) in [7, 11) is 3.46. The smallest absolute Gasteiger partial charge is 0.260 e. The molecule has 1 amide bonds. The minimum Gasteiger partial charge on any atom is -0.497 e. The van der Waals surface area contributed by atoms with E-state index in [9.17, 15) is 9.59 Å². The van der Waals surface area contributed by atoms with Crippen LogP contribution in [-0.4, -0.2) is 37.6 Å². The van der Waals surface area contributed by atoms with Crippen LogP contribution in [-0.2, 0) is 4.79 Å². The fraction of sp³-hybridized carbons (Fsp3) is 0.385. The molecule has 1 aliphatic rings. The van der Waals surface area contributed by atoms with Gasteiger partial charge in [-0.15, -0.1) is 0 Å². The number of ether oxygens (including phenoxy) is 2. The number of carbonyl (C=O) groups excluding carboxylic acids is 1. The highest BCUT2D eigenvalue weighted by Gasteiger charge is 2.22. The lowest BCUT2D eigenvalue weighted by Crippen LogP contribution is -2.40. The molecule has 168 valence electrons. The first-order valence-electron chi connectivity index (χ1n) is 11.1. The standard InChI is InChI=1S/C26H29NO5/c1-17-25(18-9-11-20(30-3)12-10-18)26(29)22-14-13-21(15-23(22)32-17)31-16-24(28)27(2)19-7-5-4-6-8-19/h9-15,19H,4-8,16H2,1-3H3. The average molecular weight is 436 g/mol. The maximum absolute atomic E-state index is 13.2. The second-order valence-electron chi connectivity index (χ2n) is 8.33. The Kier molecular flexibility index (Phi) is 6.49. The molecule has 6 nitrogen and oxygen atoms in total. The van der Waals surface area contributed by atoms with Crippen LogP contribution in [0.5, 0.6) is 11.5 Å². The molecule has 4 rings (SSSR count). The van der Waals surface area contributed by atoms with Crippen LogP contribution in [0.2, 0.25) is 0 Å². The number of likely N-dealkylation sites (N-methyl/N-ethyl adjacent to an activating group) is 1. The number of methoxy groups -OCH3 is 1. The minimum absolute atomic E-state index is 0.0361. The predicted octanol–water partition coefficient (Wildman–Crippen LogP) is 4.95. The van der Waals surface area contributed by atoms with Gasteiger partial charge in [-0.3, -0.25) is 9.59 Å². The Morgan fingerprint density at radius 2 is 1.75 bits per heavy atom. The molecule has 1 heterocycles.